The van der Waals surface area contributed by atoms with E-state index < -0.39 is 0 Å². The molecule has 0 unspecified atom stereocenters. The summed E-state index contributed by atoms with van der Waals surface area (Å²) in [6, 6.07) is 12.9. The minimum Gasteiger partial charge on any atom is -0.326 e. The van der Waals surface area contributed by atoms with Crippen molar-refractivity contribution in [2.45, 2.75) is 6.54 Å². The van der Waals surface area contributed by atoms with E-state index in [0.29, 0.717) is 12.2 Å². The lowest BCUT2D eigenvalue weighted by atomic mass is 10.2. The van der Waals surface area contributed by atoms with Gasteiger partial charge in [0.25, 0.3) is 5.91 Å². The van der Waals surface area contributed by atoms with Crippen molar-refractivity contribution >= 4 is 11.6 Å². The summed E-state index contributed by atoms with van der Waals surface area (Å²) >= 11 is 0. The summed E-state index contributed by atoms with van der Waals surface area (Å²) in [4.78, 5) is 17.8. The molecule has 4 nitrogen and oxygen atoms in total. The Labute approximate surface area is 106 Å². The highest BCUT2D eigenvalue weighted by molar-refractivity contribution is 6.04. The molecule has 2 N–H and O–H groups in total. The van der Waals surface area contributed by atoms with Gasteiger partial charge in [-0.05, 0) is 29.8 Å². The molecular formula is C14H15N3O. The normalized spacial score (nSPS) is 10.1. The number of hydrogen-bond donors (Lipinski definition) is 1. The second kappa shape index (κ2) is 5.42. The number of carbonyl (C=O) groups excluding carboxylic acids is 1. The number of nitrogens with two attached hydrogens (primary N) is 1. The monoisotopic (exact) mass is 241 g/mol. The zero-order chi connectivity index (χ0) is 13.0. The van der Waals surface area contributed by atoms with Gasteiger partial charge in [-0.25, -0.2) is 0 Å². The van der Waals surface area contributed by atoms with Crippen LogP contribution in [0.4, 0.5) is 5.69 Å². The van der Waals surface area contributed by atoms with E-state index in [4.69, 9.17) is 5.73 Å². The summed E-state index contributed by atoms with van der Waals surface area (Å²) in [5, 5.41) is 0. The number of hydrogen-bond acceptors (Lipinski definition) is 3. The Hall–Kier alpha value is -2.20. The third-order valence-corrected chi connectivity index (χ3v) is 2.72. The maximum Gasteiger partial charge on any atom is 0.276 e. The number of nitrogens with zero attached hydrogens (tertiary/aromatic N) is 2. The van der Waals surface area contributed by atoms with Crippen molar-refractivity contribution in [3.05, 3.63) is 59.9 Å². The van der Waals surface area contributed by atoms with Crippen LogP contribution in [-0.4, -0.2) is 17.9 Å². The van der Waals surface area contributed by atoms with Gasteiger partial charge in [0.2, 0.25) is 0 Å². The van der Waals surface area contributed by atoms with E-state index in [-0.39, 0.29) is 5.91 Å². The Bertz CT molecular complexity index is 540. The summed E-state index contributed by atoms with van der Waals surface area (Å²) in [7, 11) is 1.73. The van der Waals surface area contributed by atoms with Crippen molar-refractivity contribution in [3.63, 3.8) is 0 Å². The van der Waals surface area contributed by atoms with E-state index in [0.717, 1.165) is 11.3 Å². The summed E-state index contributed by atoms with van der Waals surface area (Å²) in [6.07, 6.45) is 1.61. The second-order valence-electron chi connectivity index (χ2n) is 3.95. The van der Waals surface area contributed by atoms with Gasteiger partial charge in [-0.15, -0.1) is 0 Å². The molecule has 2 rings (SSSR count). The minimum absolute atomic E-state index is 0.134. The number of pyridine rings is 1. The van der Waals surface area contributed by atoms with Crippen LogP contribution in [0.1, 0.15) is 16.1 Å². The van der Waals surface area contributed by atoms with Gasteiger partial charge in [0.05, 0.1) is 0 Å². The number of aromatic nitrogens is 1. The van der Waals surface area contributed by atoms with Gasteiger partial charge in [-0.1, -0.05) is 18.2 Å². The van der Waals surface area contributed by atoms with Crippen LogP contribution in [0.15, 0.2) is 48.7 Å². The van der Waals surface area contributed by atoms with Crippen molar-refractivity contribution in [2.24, 2.45) is 5.73 Å². The topological polar surface area (TPSA) is 59.2 Å². The van der Waals surface area contributed by atoms with Gasteiger partial charge in [-0.3, -0.25) is 9.78 Å². The lowest BCUT2D eigenvalue weighted by Gasteiger charge is -2.17. The standard InChI is InChI=1S/C14H15N3O/c1-17(12-6-4-5-11(9-12)10-15)14(18)13-7-2-3-8-16-13/h2-9H,10,15H2,1H3. The van der Waals surface area contributed by atoms with Crippen LogP contribution < -0.4 is 10.6 Å². The summed E-state index contributed by atoms with van der Waals surface area (Å²) < 4.78 is 0. The first-order chi connectivity index (χ1) is 8.72. The van der Waals surface area contributed by atoms with Gasteiger partial charge >= 0.3 is 0 Å². The van der Waals surface area contributed by atoms with Gasteiger partial charge in [-0.2, -0.15) is 0 Å². The van der Waals surface area contributed by atoms with E-state index in [2.05, 4.69) is 4.98 Å². The molecule has 0 aliphatic rings. The van der Waals surface area contributed by atoms with Gasteiger partial charge in [0.1, 0.15) is 5.69 Å². The molecule has 0 bridgehead atoms. The van der Waals surface area contributed by atoms with Crippen molar-refractivity contribution in [1.29, 1.82) is 0 Å². The third-order valence-electron chi connectivity index (χ3n) is 2.72. The fraction of sp³-hybridized carbons (Fsp3) is 0.143. The van der Waals surface area contributed by atoms with Crippen LogP contribution in [-0.2, 0) is 6.54 Å². The van der Waals surface area contributed by atoms with E-state index in [1.165, 1.54) is 0 Å². The molecule has 1 aromatic heterocycles. The predicted octanol–water partition coefficient (Wildman–Crippen LogP) is 1.82. The zero-order valence-electron chi connectivity index (χ0n) is 10.2. The van der Waals surface area contributed by atoms with Crippen LogP contribution in [0.3, 0.4) is 0 Å². The lowest BCUT2D eigenvalue weighted by molar-refractivity contribution is 0.0988. The summed E-state index contributed by atoms with van der Waals surface area (Å²) in [5.41, 5.74) is 7.83. The van der Waals surface area contributed by atoms with Crippen molar-refractivity contribution in [1.82, 2.24) is 4.98 Å². The molecule has 0 aliphatic heterocycles. The van der Waals surface area contributed by atoms with Gasteiger partial charge < -0.3 is 10.6 Å². The van der Waals surface area contributed by atoms with Crippen molar-refractivity contribution in [3.8, 4) is 0 Å². The first-order valence-electron chi connectivity index (χ1n) is 5.70. The Morgan fingerprint density at radius 1 is 1.28 bits per heavy atom. The Morgan fingerprint density at radius 2 is 2.11 bits per heavy atom. The van der Waals surface area contributed by atoms with Crippen LogP contribution >= 0.6 is 0 Å². The first kappa shape index (κ1) is 12.3. The number of rotatable bonds is 3. The van der Waals surface area contributed by atoms with Crippen molar-refractivity contribution < 1.29 is 4.79 Å². The highest BCUT2D eigenvalue weighted by Gasteiger charge is 2.14. The number of anilines is 1. The predicted molar refractivity (Wildman–Crippen MR) is 71.3 cm³/mol. The largest absolute Gasteiger partial charge is 0.326 e. The molecule has 18 heavy (non-hydrogen) atoms. The highest BCUT2D eigenvalue weighted by atomic mass is 16.2. The zero-order valence-corrected chi connectivity index (χ0v) is 10.2. The average Bonchev–Trinajstić information content (AvgIpc) is 2.46. The van der Waals surface area contributed by atoms with Crippen LogP contribution in [0, 0.1) is 0 Å². The molecule has 1 amide bonds. The van der Waals surface area contributed by atoms with Gasteiger partial charge in [0.15, 0.2) is 0 Å². The van der Waals surface area contributed by atoms with E-state index in [1.807, 2.05) is 24.3 Å². The molecule has 0 radical (unpaired) electrons. The summed E-state index contributed by atoms with van der Waals surface area (Å²) in [5.74, 6) is -0.134. The molecule has 0 fully saturated rings. The second-order valence-corrected chi connectivity index (χ2v) is 3.95. The quantitative estimate of drug-likeness (QED) is 0.891. The Kier molecular flexibility index (Phi) is 3.69. The van der Waals surface area contributed by atoms with Crippen molar-refractivity contribution in [2.75, 3.05) is 11.9 Å². The average molecular weight is 241 g/mol. The first-order valence-corrected chi connectivity index (χ1v) is 5.70. The highest BCUT2D eigenvalue weighted by Crippen LogP contribution is 2.16. The molecule has 1 aromatic carbocycles. The molecule has 0 saturated heterocycles. The molecule has 1 heterocycles. The Balaban J connectivity index is 2.25. The van der Waals surface area contributed by atoms with Crippen LogP contribution in [0.25, 0.3) is 0 Å². The Morgan fingerprint density at radius 3 is 2.78 bits per heavy atom. The van der Waals surface area contributed by atoms with Gasteiger partial charge in [0, 0.05) is 25.5 Å². The molecule has 0 saturated carbocycles. The smallest absolute Gasteiger partial charge is 0.276 e. The SMILES string of the molecule is CN(C(=O)c1ccccn1)c1cccc(CN)c1. The maximum absolute atomic E-state index is 12.2. The minimum atomic E-state index is -0.134. The van der Waals surface area contributed by atoms with E-state index >= 15 is 0 Å². The molecule has 0 atom stereocenters. The molecular weight excluding hydrogens is 226 g/mol. The number of benzene rings is 1. The molecule has 92 valence electrons. The van der Waals surface area contributed by atoms with E-state index in [9.17, 15) is 4.79 Å². The van der Waals surface area contributed by atoms with Crippen LogP contribution in [0.2, 0.25) is 0 Å². The number of amides is 1. The lowest BCUT2D eigenvalue weighted by Crippen LogP contribution is -2.27. The molecule has 0 spiro atoms. The molecule has 0 aliphatic carbocycles. The molecule has 4 heteroatoms. The fourth-order valence-corrected chi connectivity index (χ4v) is 1.67. The number of carbonyl (C=O) groups is 1. The summed E-state index contributed by atoms with van der Waals surface area (Å²) in [6.45, 7) is 0.458. The van der Waals surface area contributed by atoms with Crippen LogP contribution in [0.5, 0.6) is 0 Å². The van der Waals surface area contributed by atoms with E-state index in [1.54, 1.807) is 36.3 Å². The molecule has 2 aromatic rings. The fourth-order valence-electron chi connectivity index (χ4n) is 1.67. The maximum atomic E-state index is 12.2. The third kappa shape index (κ3) is 2.55.